The average Bonchev–Trinajstić information content (AvgIpc) is 2.84. The molecule has 0 aliphatic carbocycles. The Balaban J connectivity index is 2.24. The lowest BCUT2D eigenvalue weighted by molar-refractivity contribution is 0.439. The summed E-state index contributed by atoms with van der Waals surface area (Å²) in [5, 5.41) is 3.92. The fourth-order valence-corrected chi connectivity index (χ4v) is 2.20. The fraction of sp³-hybridized carbons (Fsp3) is 0.0625. The van der Waals surface area contributed by atoms with Gasteiger partial charge in [-0.15, -0.1) is 0 Å². The molecular weight excluding hydrogens is 255 g/mol. The topological polar surface area (TPSA) is 52.0 Å². The lowest BCUT2D eigenvalue weighted by Gasteiger charge is -2.05. The second-order valence-electron chi connectivity index (χ2n) is 4.57. The zero-order valence-electron chi connectivity index (χ0n) is 10.9. The van der Waals surface area contributed by atoms with Gasteiger partial charge in [0.05, 0.1) is 5.56 Å². The molecule has 3 nitrogen and oxygen atoms in total. The van der Waals surface area contributed by atoms with Crippen LogP contribution in [-0.2, 0) is 0 Å². The van der Waals surface area contributed by atoms with Crippen molar-refractivity contribution in [2.45, 2.75) is 6.92 Å². The molecule has 0 saturated heterocycles. The molecule has 100 valence electrons. The summed E-state index contributed by atoms with van der Waals surface area (Å²) in [4.78, 5) is 0. The van der Waals surface area contributed by atoms with E-state index in [1.165, 1.54) is 0 Å². The van der Waals surface area contributed by atoms with Gasteiger partial charge >= 0.3 is 0 Å². The Morgan fingerprint density at radius 3 is 2.55 bits per heavy atom. The zero-order valence-corrected chi connectivity index (χ0v) is 10.9. The van der Waals surface area contributed by atoms with Crippen LogP contribution in [0.25, 0.3) is 22.4 Å². The lowest BCUT2D eigenvalue weighted by Crippen LogP contribution is -1.91. The number of hydrogen-bond donors (Lipinski definition) is 1. The highest BCUT2D eigenvalue weighted by Gasteiger charge is 2.20. The largest absolute Gasteiger partial charge is 0.367 e. The van der Waals surface area contributed by atoms with Gasteiger partial charge in [-0.25, -0.2) is 4.39 Å². The second kappa shape index (κ2) is 4.81. The molecule has 2 aromatic carbocycles. The van der Waals surface area contributed by atoms with Crippen molar-refractivity contribution in [2.75, 3.05) is 5.73 Å². The molecule has 1 heterocycles. The summed E-state index contributed by atoms with van der Waals surface area (Å²) in [6.07, 6.45) is 0. The average molecular weight is 268 g/mol. The number of hydrogen-bond acceptors (Lipinski definition) is 3. The van der Waals surface area contributed by atoms with Gasteiger partial charge < -0.3 is 10.3 Å². The van der Waals surface area contributed by atoms with E-state index in [1.54, 1.807) is 25.1 Å². The molecule has 1 aromatic heterocycles. The van der Waals surface area contributed by atoms with Crippen LogP contribution in [0.2, 0.25) is 0 Å². The maximum absolute atomic E-state index is 14.3. The van der Waals surface area contributed by atoms with Gasteiger partial charge in [0, 0.05) is 5.56 Å². The molecule has 3 rings (SSSR count). The summed E-state index contributed by atoms with van der Waals surface area (Å²) in [5.41, 5.74) is 8.69. The molecule has 0 saturated carbocycles. The number of rotatable bonds is 2. The van der Waals surface area contributed by atoms with E-state index in [9.17, 15) is 4.39 Å². The number of benzene rings is 2. The summed E-state index contributed by atoms with van der Waals surface area (Å²) in [7, 11) is 0. The van der Waals surface area contributed by atoms with Crippen LogP contribution >= 0.6 is 0 Å². The van der Waals surface area contributed by atoms with Crippen molar-refractivity contribution < 1.29 is 8.91 Å². The smallest absolute Gasteiger partial charge is 0.230 e. The molecule has 0 aliphatic rings. The molecule has 3 aromatic rings. The third-order valence-electron chi connectivity index (χ3n) is 3.23. The molecule has 0 atom stereocenters. The Labute approximate surface area is 115 Å². The number of nitrogens with two attached hydrogens (primary N) is 1. The maximum Gasteiger partial charge on any atom is 0.230 e. The number of nitrogens with zero attached hydrogens (tertiary/aromatic N) is 1. The standard InChI is InChI=1S/C16H13FN2O/c1-10-6-5-9-12(14(10)17)15-13(16(18)20-19-15)11-7-3-2-4-8-11/h2-9H,18H2,1H3. The molecule has 0 spiro atoms. The SMILES string of the molecule is Cc1cccc(-c2noc(N)c2-c2ccccc2)c1F. The Kier molecular flexibility index (Phi) is 2.99. The van der Waals surface area contributed by atoms with Crippen molar-refractivity contribution >= 4 is 5.88 Å². The Bertz CT molecular complexity index is 750. The van der Waals surface area contributed by atoms with E-state index in [1.807, 2.05) is 30.3 Å². The van der Waals surface area contributed by atoms with Crippen LogP contribution in [0.4, 0.5) is 10.3 Å². The number of halogens is 1. The molecule has 0 bridgehead atoms. The van der Waals surface area contributed by atoms with E-state index >= 15 is 0 Å². The first kappa shape index (κ1) is 12.4. The van der Waals surface area contributed by atoms with Gasteiger partial charge in [0.2, 0.25) is 5.88 Å². The van der Waals surface area contributed by atoms with Crippen LogP contribution in [0.15, 0.2) is 53.1 Å². The van der Waals surface area contributed by atoms with Gasteiger partial charge in [-0.05, 0) is 24.1 Å². The minimum Gasteiger partial charge on any atom is -0.367 e. The van der Waals surface area contributed by atoms with Gasteiger partial charge in [-0.2, -0.15) is 0 Å². The van der Waals surface area contributed by atoms with Crippen LogP contribution in [-0.4, -0.2) is 5.16 Å². The van der Waals surface area contributed by atoms with Crippen molar-refractivity contribution in [1.82, 2.24) is 5.16 Å². The fourth-order valence-electron chi connectivity index (χ4n) is 2.20. The molecule has 0 radical (unpaired) electrons. The summed E-state index contributed by atoms with van der Waals surface area (Å²) in [5.74, 6) is -0.120. The zero-order chi connectivity index (χ0) is 14.1. The summed E-state index contributed by atoms with van der Waals surface area (Å²) in [6, 6.07) is 14.6. The number of aromatic nitrogens is 1. The monoisotopic (exact) mass is 268 g/mol. The highest BCUT2D eigenvalue weighted by Crippen LogP contribution is 2.37. The molecule has 4 heteroatoms. The van der Waals surface area contributed by atoms with Crippen LogP contribution in [0.5, 0.6) is 0 Å². The van der Waals surface area contributed by atoms with Gasteiger partial charge in [0.15, 0.2) is 0 Å². The Morgan fingerprint density at radius 2 is 1.80 bits per heavy atom. The summed E-state index contributed by atoms with van der Waals surface area (Å²) in [6.45, 7) is 1.71. The predicted molar refractivity (Wildman–Crippen MR) is 76.5 cm³/mol. The first-order valence-corrected chi connectivity index (χ1v) is 6.24. The molecule has 2 N–H and O–H groups in total. The lowest BCUT2D eigenvalue weighted by atomic mass is 9.99. The normalized spacial score (nSPS) is 10.7. The Morgan fingerprint density at radius 1 is 1.05 bits per heavy atom. The molecule has 0 aliphatic heterocycles. The quantitative estimate of drug-likeness (QED) is 0.763. The minimum absolute atomic E-state index is 0.187. The third-order valence-corrected chi connectivity index (χ3v) is 3.23. The summed E-state index contributed by atoms with van der Waals surface area (Å²) >= 11 is 0. The molecule has 0 fully saturated rings. The van der Waals surface area contributed by atoms with Crippen LogP contribution < -0.4 is 5.73 Å². The first-order valence-electron chi connectivity index (χ1n) is 6.24. The molecule has 0 unspecified atom stereocenters. The molecular formula is C16H13FN2O. The third kappa shape index (κ3) is 1.95. The molecule has 0 amide bonds. The summed E-state index contributed by atoms with van der Waals surface area (Å²) < 4.78 is 19.3. The van der Waals surface area contributed by atoms with Crippen LogP contribution in [0.1, 0.15) is 5.56 Å². The number of nitrogen functional groups attached to an aromatic ring is 1. The van der Waals surface area contributed by atoms with E-state index < -0.39 is 0 Å². The predicted octanol–water partition coefficient (Wildman–Crippen LogP) is 4.04. The van der Waals surface area contributed by atoms with E-state index in [2.05, 4.69) is 5.16 Å². The minimum atomic E-state index is -0.307. The highest BCUT2D eigenvalue weighted by molar-refractivity contribution is 5.87. The van der Waals surface area contributed by atoms with E-state index in [0.717, 1.165) is 5.56 Å². The Hall–Kier alpha value is -2.62. The van der Waals surface area contributed by atoms with Gasteiger partial charge in [0.25, 0.3) is 0 Å². The first-order chi connectivity index (χ1) is 9.68. The second-order valence-corrected chi connectivity index (χ2v) is 4.57. The van der Waals surface area contributed by atoms with Crippen molar-refractivity contribution in [1.29, 1.82) is 0 Å². The van der Waals surface area contributed by atoms with Crippen LogP contribution in [0.3, 0.4) is 0 Å². The number of aryl methyl sites for hydroxylation is 1. The van der Waals surface area contributed by atoms with Gasteiger partial charge in [-0.1, -0.05) is 47.6 Å². The van der Waals surface area contributed by atoms with Crippen molar-refractivity contribution in [3.63, 3.8) is 0 Å². The van der Waals surface area contributed by atoms with Crippen molar-refractivity contribution in [3.05, 3.63) is 59.9 Å². The van der Waals surface area contributed by atoms with E-state index in [-0.39, 0.29) is 11.7 Å². The molecule has 20 heavy (non-hydrogen) atoms. The van der Waals surface area contributed by atoms with Gasteiger partial charge in [0.1, 0.15) is 11.5 Å². The highest BCUT2D eigenvalue weighted by atomic mass is 19.1. The van der Waals surface area contributed by atoms with Crippen LogP contribution in [0, 0.1) is 12.7 Å². The van der Waals surface area contributed by atoms with Crippen molar-refractivity contribution in [2.24, 2.45) is 0 Å². The maximum atomic E-state index is 14.3. The van der Waals surface area contributed by atoms with E-state index in [0.29, 0.717) is 22.4 Å². The number of anilines is 1. The van der Waals surface area contributed by atoms with E-state index in [4.69, 9.17) is 10.3 Å². The van der Waals surface area contributed by atoms with Gasteiger partial charge in [-0.3, -0.25) is 0 Å². The van der Waals surface area contributed by atoms with Crippen molar-refractivity contribution in [3.8, 4) is 22.4 Å².